The first-order valence-electron chi connectivity index (χ1n) is 8.54. The maximum atomic E-state index is 13.2. The fourth-order valence-electron chi connectivity index (χ4n) is 3.42. The number of amides is 2. The first-order chi connectivity index (χ1) is 11.6. The Balaban J connectivity index is 1.88. The van der Waals surface area contributed by atoms with E-state index in [9.17, 15) is 9.59 Å². The molecule has 5 nitrogen and oxygen atoms in total. The van der Waals surface area contributed by atoms with Crippen molar-refractivity contribution in [3.63, 3.8) is 0 Å². The molecule has 1 aliphatic carbocycles. The Morgan fingerprint density at radius 3 is 2.67 bits per heavy atom. The Bertz CT molecular complexity index is 704. The number of aromatic nitrogens is 1. The number of nitrogens with one attached hydrogen (secondary N) is 1. The number of hydrogen-bond acceptors (Lipinski definition) is 4. The van der Waals surface area contributed by atoms with Crippen molar-refractivity contribution in [1.29, 1.82) is 0 Å². The van der Waals surface area contributed by atoms with Crippen LogP contribution in [-0.2, 0) is 9.59 Å². The Kier molecular flexibility index (Phi) is 5.14. The van der Waals surface area contributed by atoms with Crippen LogP contribution >= 0.6 is 11.3 Å². The molecule has 1 N–H and O–H groups in total. The lowest BCUT2D eigenvalue weighted by Crippen LogP contribution is -2.51. The topological polar surface area (TPSA) is 62.3 Å². The number of nitrogens with zero attached hydrogens (tertiary/aromatic N) is 2. The van der Waals surface area contributed by atoms with Crippen molar-refractivity contribution in [2.75, 3.05) is 11.4 Å². The van der Waals surface area contributed by atoms with Crippen LogP contribution in [-0.4, -0.2) is 29.4 Å². The highest BCUT2D eigenvalue weighted by Gasteiger charge is 2.35. The maximum absolute atomic E-state index is 13.2. The molecule has 0 saturated heterocycles. The zero-order chi connectivity index (χ0) is 17.1. The number of anilines is 1. The molecule has 2 aromatic rings. The van der Waals surface area contributed by atoms with Gasteiger partial charge < -0.3 is 5.32 Å². The van der Waals surface area contributed by atoms with Crippen LogP contribution in [0.1, 0.15) is 39.5 Å². The molecule has 24 heavy (non-hydrogen) atoms. The summed E-state index contributed by atoms with van der Waals surface area (Å²) in [4.78, 5) is 31.1. The predicted molar refractivity (Wildman–Crippen MR) is 97.2 cm³/mol. The number of carbonyl (C=O) groups is 2. The summed E-state index contributed by atoms with van der Waals surface area (Å²) in [5, 5.41) is 3.59. The van der Waals surface area contributed by atoms with E-state index in [0.717, 1.165) is 35.9 Å². The van der Waals surface area contributed by atoms with E-state index in [1.165, 1.54) is 18.3 Å². The molecule has 0 bridgehead atoms. The van der Waals surface area contributed by atoms with Crippen LogP contribution in [0.5, 0.6) is 0 Å². The molecular formula is C18H23N3O2S. The first-order valence-corrected chi connectivity index (χ1v) is 9.36. The summed E-state index contributed by atoms with van der Waals surface area (Å²) in [6.07, 6.45) is 4.24. The average Bonchev–Trinajstić information content (AvgIpc) is 3.22. The molecule has 1 atom stereocenters. The minimum absolute atomic E-state index is 0.0429. The number of likely N-dealkylation sites (N-methyl/N-ethyl adjacent to an activating group) is 1. The summed E-state index contributed by atoms with van der Waals surface area (Å²) in [5.74, 6) is 0.0316. The summed E-state index contributed by atoms with van der Waals surface area (Å²) in [7, 11) is 0. The van der Waals surface area contributed by atoms with Crippen molar-refractivity contribution in [1.82, 2.24) is 10.3 Å². The fourth-order valence-corrected chi connectivity index (χ4v) is 4.45. The summed E-state index contributed by atoms with van der Waals surface area (Å²) in [5.41, 5.74) is 0.903. The smallest absolute Gasteiger partial charge is 0.251 e. The van der Waals surface area contributed by atoms with E-state index in [1.807, 2.05) is 31.2 Å². The van der Waals surface area contributed by atoms with Crippen LogP contribution in [0.15, 0.2) is 24.3 Å². The van der Waals surface area contributed by atoms with Crippen molar-refractivity contribution in [3.05, 3.63) is 24.3 Å². The third-order valence-electron chi connectivity index (χ3n) is 4.59. The summed E-state index contributed by atoms with van der Waals surface area (Å²) in [6, 6.07) is 7.44. The van der Waals surface area contributed by atoms with Crippen LogP contribution in [0.3, 0.4) is 0 Å². The van der Waals surface area contributed by atoms with Crippen LogP contribution in [0.25, 0.3) is 10.2 Å². The van der Waals surface area contributed by atoms with Gasteiger partial charge in [0.05, 0.1) is 10.2 Å². The molecule has 0 radical (unpaired) electrons. The zero-order valence-electron chi connectivity index (χ0n) is 14.1. The third kappa shape index (κ3) is 3.43. The van der Waals surface area contributed by atoms with Crippen LogP contribution in [0.2, 0.25) is 0 Å². The fraction of sp³-hybridized carbons (Fsp3) is 0.500. The van der Waals surface area contributed by atoms with Gasteiger partial charge in [-0.2, -0.15) is 0 Å². The van der Waals surface area contributed by atoms with E-state index >= 15 is 0 Å². The van der Waals surface area contributed by atoms with Gasteiger partial charge in [-0.05, 0) is 37.8 Å². The van der Waals surface area contributed by atoms with E-state index in [2.05, 4.69) is 10.3 Å². The number of thiazole rings is 1. The van der Waals surface area contributed by atoms with E-state index < -0.39 is 6.04 Å². The van der Waals surface area contributed by atoms with Crippen LogP contribution in [0, 0.1) is 5.92 Å². The number of fused-ring (bicyclic) bond motifs is 1. The normalized spacial score (nSPS) is 16.2. The van der Waals surface area contributed by atoms with Gasteiger partial charge >= 0.3 is 0 Å². The molecule has 1 fully saturated rings. The maximum Gasteiger partial charge on any atom is 0.251 e. The van der Waals surface area contributed by atoms with Gasteiger partial charge in [0.25, 0.3) is 5.91 Å². The average molecular weight is 345 g/mol. The van der Waals surface area contributed by atoms with Crippen molar-refractivity contribution >= 4 is 38.5 Å². The van der Waals surface area contributed by atoms with E-state index in [-0.39, 0.29) is 17.7 Å². The predicted octanol–water partition coefficient (Wildman–Crippen LogP) is 3.34. The summed E-state index contributed by atoms with van der Waals surface area (Å²) in [6.45, 7) is 3.97. The highest BCUT2D eigenvalue weighted by molar-refractivity contribution is 7.22. The molecule has 128 valence electrons. The first kappa shape index (κ1) is 16.9. The molecule has 1 aromatic carbocycles. The van der Waals surface area contributed by atoms with Gasteiger partial charge in [-0.15, -0.1) is 0 Å². The molecule has 0 unspecified atom stereocenters. The lowest BCUT2D eigenvalue weighted by Gasteiger charge is -2.28. The Morgan fingerprint density at radius 2 is 2.04 bits per heavy atom. The Morgan fingerprint density at radius 1 is 1.33 bits per heavy atom. The molecule has 3 rings (SSSR count). The summed E-state index contributed by atoms with van der Waals surface area (Å²) >= 11 is 1.52. The zero-order valence-corrected chi connectivity index (χ0v) is 14.9. The molecule has 0 aliphatic heterocycles. The van der Waals surface area contributed by atoms with Crippen molar-refractivity contribution < 1.29 is 9.59 Å². The van der Waals surface area contributed by atoms with Crippen LogP contribution < -0.4 is 10.2 Å². The molecule has 1 aromatic heterocycles. The standard InChI is InChI=1S/C18H23N3O2S/c1-3-21(18-20-14-10-6-7-11-15(14)24-18)17(23)16(19-12(2)22)13-8-4-5-9-13/h6-7,10-11,13,16H,3-5,8-9H2,1-2H3,(H,19,22)/t16-/m1/s1. The van der Waals surface area contributed by atoms with E-state index in [4.69, 9.17) is 0 Å². The van der Waals surface area contributed by atoms with Gasteiger partial charge in [0.2, 0.25) is 5.91 Å². The minimum Gasteiger partial charge on any atom is -0.344 e. The van der Waals surface area contributed by atoms with Gasteiger partial charge in [-0.3, -0.25) is 14.5 Å². The van der Waals surface area contributed by atoms with E-state index in [0.29, 0.717) is 11.7 Å². The monoisotopic (exact) mass is 345 g/mol. The molecule has 1 aliphatic rings. The van der Waals surface area contributed by atoms with Crippen LogP contribution in [0.4, 0.5) is 5.13 Å². The second-order valence-corrected chi connectivity index (χ2v) is 7.28. The largest absolute Gasteiger partial charge is 0.344 e. The molecular weight excluding hydrogens is 322 g/mol. The number of para-hydroxylation sites is 1. The number of benzene rings is 1. The molecule has 1 saturated carbocycles. The lowest BCUT2D eigenvalue weighted by molar-refractivity contribution is -0.127. The van der Waals surface area contributed by atoms with Crippen molar-refractivity contribution in [3.8, 4) is 0 Å². The third-order valence-corrected chi connectivity index (χ3v) is 5.65. The molecule has 2 amide bonds. The number of rotatable bonds is 5. The molecule has 0 spiro atoms. The van der Waals surface area contributed by atoms with Gasteiger partial charge in [0.1, 0.15) is 6.04 Å². The number of carbonyl (C=O) groups excluding carboxylic acids is 2. The molecule has 6 heteroatoms. The van der Waals surface area contributed by atoms with Gasteiger partial charge in [-0.1, -0.05) is 36.3 Å². The van der Waals surface area contributed by atoms with Gasteiger partial charge in [0, 0.05) is 13.5 Å². The van der Waals surface area contributed by atoms with Gasteiger partial charge in [-0.25, -0.2) is 4.98 Å². The minimum atomic E-state index is -0.447. The quantitative estimate of drug-likeness (QED) is 0.904. The molecule has 1 heterocycles. The second kappa shape index (κ2) is 7.30. The second-order valence-electron chi connectivity index (χ2n) is 6.27. The lowest BCUT2D eigenvalue weighted by atomic mass is 9.96. The Hall–Kier alpha value is -1.95. The van der Waals surface area contributed by atoms with Gasteiger partial charge in [0.15, 0.2) is 5.13 Å². The van der Waals surface area contributed by atoms with Crippen molar-refractivity contribution in [2.45, 2.75) is 45.6 Å². The number of hydrogen-bond donors (Lipinski definition) is 1. The highest BCUT2D eigenvalue weighted by Crippen LogP contribution is 2.32. The van der Waals surface area contributed by atoms with E-state index in [1.54, 1.807) is 4.90 Å². The SMILES string of the molecule is CCN(C(=O)[C@H](NC(C)=O)C1CCCC1)c1nc2ccccc2s1. The van der Waals surface area contributed by atoms with Crippen molar-refractivity contribution in [2.24, 2.45) is 5.92 Å². The Labute approximate surface area is 146 Å². The highest BCUT2D eigenvalue weighted by atomic mass is 32.1. The summed E-state index contributed by atoms with van der Waals surface area (Å²) < 4.78 is 1.07.